The minimum absolute atomic E-state index is 0.122. The van der Waals surface area contributed by atoms with Gasteiger partial charge in [0.2, 0.25) is 5.91 Å². The van der Waals surface area contributed by atoms with E-state index in [-0.39, 0.29) is 5.91 Å². The van der Waals surface area contributed by atoms with Gasteiger partial charge in [0.05, 0.1) is 0 Å². The molecule has 1 aromatic rings. The van der Waals surface area contributed by atoms with Crippen LogP contribution in [0.5, 0.6) is 0 Å². The number of carbonyl (C=O) groups is 1. The zero-order chi connectivity index (χ0) is 11.5. The first-order chi connectivity index (χ1) is 7.72. The van der Waals surface area contributed by atoms with E-state index in [1.165, 1.54) is 18.4 Å². The summed E-state index contributed by atoms with van der Waals surface area (Å²) in [6, 6.07) is 8.09. The molecule has 1 aliphatic carbocycles. The first-order valence-electron chi connectivity index (χ1n) is 5.74. The van der Waals surface area contributed by atoms with Gasteiger partial charge in [-0.1, -0.05) is 24.3 Å². The third-order valence-electron chi connectivity index (χ3n) is 2.86. The first kappa shape index (κ1) is 11.5. The molecule has 0 radical (unpaired) electrons. The molecule has 1 aliphatic rings. The summed E-state index contributed by atoms with van der Waals surface area (Å²) >= 11 is 6.07. The molecule has 1 unspecified atom stereocenters. The van der Waals surface area contributed by atoms with E-state index in [0.29, 0.717) is 6.54 Å². The fourth-order valence-electron chi connectivity index (χ4n) is 1.77. The van der Waals surface area contributed by atoms with Crippen molar-refractivity contribution in [3.05, 3.63) is 35.4 Å². The molecule has 1 aromatic carbocycles. The monoisotopic (exact) mass is 237 g/mol. The molecule has 86 valence electrons. The Kier molecular flexibility index (Phi) is 3.49. The highest BCUT2D eigenvalue weighted by atomic mass is 35.5. The molecule has 1 atom stereocenters. The quantitative estimate of drug-likeness (QED) is 0.802. The number of likely N-dealkylation sites (N-methyl/N-ethyl adjacent to an activating group) is 1. The van der Waals surface area contributed by atoms with Crippen LogP contribution < -0.4 is 5.32 Å². The molecule has 2 nitrogen and oxygen atoms in total. The number of halogens is 1. The smallest absolute Gasteiger partial charge is 0.242 e. The van der Waals surface area contributed by atoms with Gasteiger partial charge in [0.1, 0.15) is 5.38 Å². The number of alkyl halides is 1. The summed E-state index contributed by atoms with van der Waals surface area (Å²) in [5.41, 5.74) is 2.24. The number of nitrogens with one attached hydrogen (secondary N) is 1. The van der Waals surface area contributed by atoms with Crippen LogP contribution in [0.1, 0.15) is 42.2 Å². The molecule has 0 spiro atoms. The fourth-order valence-corrected chi connectivity index (χ4v) is 1.99. The maximum Gasteiger partial charge on any atom is 0.242 e. The highest BCUT2D eigenvalue weighted by Crippen LogP contribution is 2.40. The van der Waals surface area contributed by atoms with Gasteiger partial charge in [-0.25, -0.2) is 0 Å². The molecule has 2 rings (SSSR count). The van der Waals surface area contributed by atoms with Gasteiger partial charge >= 0.3 is 0 Å². The van der Waals surface area contributed by atoms with Crippen molar-refractivity contribution in [1.29, 1.82) is 0 Å². The largest absolute Gasteiger partial charge is 0.355 e. The lowest BCUT2D eigenvalue weighted by Gasteiger charge is -2.10. The van der Waals surface area contributed by atoms with Gasteiger partial charge in [0, 0.05) is 6.54 Å². The Morgan fingerprint density at radius 3 is 2.56 bits per heavy atom. The maximum absolute atomic E-state index is 11.5. The lowest BCUT2D eigenvalue weighted by Crippen LogP contribution is -2.26. The van der Waals surface area contributed by atoms with Crippen LogP contribution in [0.15, 0.2) is 24.3 Å². The molecule has 1 N–H and O–H groups in total. The van der Waals surface area contributed by atoms with Crippen LogP contribution in [0.2, 0.25) is 0 Å². The fraction of sp³-hybridized carbons (Fsp3) is 0.462. The topological polar surface area (TPSA) is 29.1 Å². The molecule has 0 bridgehead atoms. The Balaban J connectivity index is 2.05. The molecule has 0 aromatic heterocycles. The predicted octanol–water partition coefficient (Wildman–Crippen LogP) is 2.98. The molecule has 0 saturated heterocycles. The second-order valence-electron chi connectivity index (χ2n) is 4.20. The maximum atomic E-state index is 11.5. The average molecular weight is 238 g/mol. The van der Waals surface area contributed by atoms with Crippen molar-refractivity contribution in [3.8, 4) is 0 Å². The average Bonchev–Trinajstić information content (AvgIpc) is 3.12. The van der Waals surface area contributed by atoms with Crippen molar-refractivity contribution in [2.24, 2.45) is 0 Å². The summed E-state index contributed by atoms with van der Waals surface area (Å²) in [4.78, 5) is 11.5. The van der Waals surface area contributed by atoms with Gasteiger partial charge in [0.15, 0.2) is 0 Å². The number of amides is 1. The van der Waals surface area contributed by atoms with E-state index < -0.39 is 5.38 Å². The van der Waals surface area contributed by atoms with Gasteiger partial charge in [-0.2, -0.15) is 0 Å². The first-order valence-corrected chi connectivity index (χ1v) is 6.17. The molecular formula is C13H16ClNO. The highest BCUT2D eigenvalue weighted by molar-refractivity contribution is 6.30. The molecule has 0 heterocycles. The van der Waals surface area contributed by atoms with Crippen LogP contribution >= 0.6 is 11.6 Å². The van der Waals surface area contributed by atoms with Crippen LogP contribution in [0.3, 0.4) is 0 Å². The zero-order valence-electron chi connectivity index (χ0n) is 9.37. The van der Waals surface area contributed by atoms with Crippen LogP contribution in [0.25, 0.3) is 0 Å². The van der Waals surface area contributed by atoms with E-state index in [1.807, 2.05) is 19.1 Å². The summed E-state index contributed by atoms with van der Waals surface area (Å²) in [6.07, 6.45) is 2.58. The highest BCUT2D eigenvalue weighted by Gasteiger charge is 2.24. The second kappa shape index (κ2) is 4.88. The lowest BCUT2D eigenvalue weighted by atomic mass is 10.1. The standard InChI is InChI=1S/C13H16ClNO/c1-2-15-13(16)12(14)11-7-5-10(6-8-11)9-3-4-9/h5-9,12H,2-4H2,1H3,(H,15,16). The second-order valence-corrected chi connectivity index (χ2v) is 4.63. The van der Waals surface area contributed by atoms with E-state index >= 15 is 0 Å². The van der Waals surface area contributed by atoms with Gasteiger partial charge in [-0.05, 0) is 36.8 Å². The minimum Gasteiger partial charge on any atom is -0.355 e. The Morgan fingerprint density at radius 1 is 1.44 bits per heavy atom. The third-order valence-corrected chi connectivity index (χ3v) is 3.31. The van der Waals surface area contributed by atoms with E-state index in [4.69, 9.17) is 11.6 Å². The van der Waals surface area contributed by atoms with Crippen molar-refractivity contribution in [2.75, 3.05) is 6.54 Å². The van der Waals surface area contributed by atoms with Gasteiger partial charge in [0.25, 0.3) is 0 Å². The zero-order valence-corrected chi connectivity index (χ0v) is 10.1. The summed E-state index contributed by atoms with van der Waals surface area (Å²) in [5, 5.41) is 2.15. The van der Waals surface area contributed by atoms with E-state index in [0.717, 1.165) is 11.5 Å². The Morgan fingerprint density at radius 2 is 2.06 bits per heavy atom. The Hall–Kier alpha value is -1.02. The van der Waals surface area contributed by atoms with E-state index in [9.17, 15) is 4.79 Å². The molecule has 3 heteroatoms. The molecule has 1 saturated carbocycles. The SMILES string of the molecule is CCNC(=O)C(Cl)c1ccc(C2CC2)cc1. The van der Waals surface area contributed by atoms with Crippen molar-refractivity contribution in [2.45, 2.75) is 31.1 Å². The van der Waals surface area contributed by atoms with Crippen LogP contribution in [0.4, 0.5) is 0 Å². The van der Waals surface area contributed by atoms with Gasteiger partial charge < -0.3 is 5.32 Å². The lowest BCUT2D eigenvalue weighted by molar-refractivity contribution is -0.120. The third kappa shape index (κ3) is 2.56. The summed E-state index contributed by atoms with van der Waals surface area (Å²) in [7, 11) is 0. The van der Waals surface area contributed by atoms with Gasteiger partial charge in [-0.15, -0.1) is 11.6 Å². The number of carbonyl (C=O) groups excluding carboxylic acids is 1. The normalized spacial score (nSPS) is 16.9. The number of benzene rings is 1. The molecular weight excluding hydrogens is 222 g/mol. The number of hydrogen-bond donors (Lipinski definition) is 1. The van der Waals surface area contributed by atoms with Crippen molar-refractivity contribution >= 4 is 17.5 Å². The van der Waals surface area contributed by atoms with Crippen LogP contribution in [0, 0.1) is 0 Å². The predicted molar refractivity (Wildman–Crippen MR) is 65.7 cm³/mol. The van der Waals surface area contributed by atoms with E-state index in [2.05, 4.69) is 17.4 Å². The Labute approximate surface area is 101 Å². The van der Waals surface area contributed by atoms with Crippen LogP contribution in [-0.4, -0.2) is 12.5 Å². The molecule has 1 fully saturated rings. The van der Waals surface area contributed by atoms with Crippen molar-refractivity contribution < 1.29 is 4.79 Å². The number of rotatable bonds is 4. The summed E-state index contributed by atoms with van der Waals surface area (Å²) in [6.45, 7) is 2.50. The molecule has 16 heavy (non-hydrogen) atoms. The Bertz CT molecular complexity index is 370. The summed E-state index contributed by atoms with van der Waals surface area (Å²) in [5.74, 6) is 0.621. The minimum atomic E-state index is -0.576. The van der Waals surface area contributed by atoms with E-state index in [1.54, 1.807) is 0 Å². The van der Waals surface area contributed by atoms with Crippen molar-refractivity contribution in [3.63, 3.8) is 0 Å². The van der Waals surface area contributed by atoms with Crippen LogP contribution in [-0.2, 0) is 4.79 Å². The summed E-state index contributed by atoms with van der Waals surface area (Å²) < 4.78 is 0. The van der Waals surface area contributed by atoms with Gasteiger partial charge in [-0.3, -0.25) is 4.79 Å². The molecule has 0 aliphatic heterocycles. The van der Waals surface area contributed by atoms with Crippen molar-refractivity contribution in [1.82, 2.24) is 5.32 Å². The number of hydrogen-bond acceptors (Lipinski definition) is 1. The molecule has 1 amide bonds.